The zero-order valence-electron chi connectivity index (χ0n) is 10.4. The van der Waals surface area contributed by atoms with E-state index in [9.17, 15) is 5.11 Å². The fourth-order valence-corrected chi connectivity index (χ4v) is 4.00. The zero-order chi connectivity index (χ0) is 11.9. The van der Waals surface area contributed by atoms with Gasteiger partial charge < -0.3 is 10.4 Å². The summed E-state index contributed by atoms with van der Waals surface area (Å²) in [5.41, 5.74) is 3.19. The largest absolute Gasteiger partial charge is 0.396 e. The Morgan fingerprint density at radius 1 is 1.41 bits per heavy atom. The smallest absolute Gasteiger partial charge is 0.0466 e. The summed E-state index contributed by atoms with van der Waals surface area (Å²) in [6.07, 6.45) is 4.64. The van der Waals surface area contributed by atoms with Crippen LogP contribution in [0.15, 0.2) is 24.3 Å². The molecule has 1 aromatic rings. The van der Waals surface area contributed by atoms with Gasteiger partial charge in [-0.05, 0) is 55.7 Å². The molecule has 2 N–H and O–H groups in total. The van der Waals surface area contributed by atoms with Gasteiger partial charge in [0, 0.05) is 12.1 Å². The van der Waals surface area contributed by atoms with E-state index < -0.39 is 0 Å². The van der Waals surface area contributed by atoms with E-state index in [0.717, 1.165) is 19.3 Å². The SMILES string of the molecule is CNC12CCC(CO)CC1Cc1ccccc12. The van der Waals surface area contributed by atoms with E-state index in [2.05, 4.69) is 36.6 Å². The van der Waals surface area contributed by atoms with Crippen LogP contribution in [0.25, 0.3) is 0 Å². The van der Waals surface area contributed by atoms with Crippen LogP contribution >= 0.6 is 0 Å². The second-order valence-electron chi connectivity index (χ2n) is 5.60. The Morgan fingerprint density at radius 3 is 3.00 bits per heavy atom. The van der Waals surface area contributed by atoms with Gasteiger partial charge in [-0.25, -0.2) is 0 Å². The first kappa shape index (κ1) is 11.2. The molecule has 0 saturated heterocycles. The van der Waals surface area contributed by atoms with Crippen LogP contribution in [0.1, 0.15) is 30.4 Å². The third kappa shape index (κ3) is 1.54. The summed E-state index contributed by atoms with van der Waals surface area (Å²) in [5, 5.41) is 13.0. The molecular formula is C15H21NO. The number of hydrogen-bond acceptors (Lipinski definition) is 2. The molecule has 92 valence electrons. The van der Waals surface area contributed by atoms with Crippen LogP contribution in [0, 0.1) is 11.8 Å². The van der Waals surface area contributed by atoms with Crippen LogP contribution in [0.4, 0.5) is 0 Å². The average molecular weight is 231 g/mol. The number of benzene rings is 1. The van der Waals surface area contributed by atoms with Crippen molar-refractivity contribution in [2.24, 2.45) is 11.8 Å². The second kappa shape index (κ2) is 4.11. The van der Waals surface area contributed by atoms with Crippen LogP contribution in [0.5, 0.6) is 0 Å². The first-order valence-corrected chi connectivity index (χ1v) is 6.68. The Labute approximate surface area is 103 Å². The Morgan fingerprint density at radius 2 is 2.24 bits per heavy atom. The Bertz CT molecular complexity index is 417. The van der Waals surface area contributed by atoms with Gasteiger partial charge in [0.05, 0.1) is 0 Å². The van der Waals surface area contributed by atoms with Crippen molar-refractivity contribution >= 4 is 0 Å². The fourth-order valence-electron chi connectivity index (χ4n) is 4.00. The van der Waals surface area contributed by atoms with Gasteiger partial charge in [-0.1, -0.05) is 24.3 Å². The molecule has 3 atom stereocenters. The van der Waals surface area contributed by atoms with Crippen LogP contribution in [-0.2, 0) is 12.0 Å². The molecular weight excluding hydrogens is 210 g/mol. The Kier molecular flexibility index (Phi) is 2.72. The van der Waals surface area contributed by atoms with Gasteiger partial charge in [0.2, 0.25) is 0 Å². The van der Waals surface area contributed by atoms with Crippen molar-refractivity contribution in [3.8, 4) is 0 Å². The summed E-state index contributed by atoms with van der Waals surface area (Å²) >= 11 is 0. The molecule has 0 heterocycles. The Balaban J connectivity index is 1.99. The number of aliphatic hydroxyl groups excluding tert-OH is 1. The predicted octanol–water partition coefficient (Wildman–Crippen LogP) is 2.07. The van der Waals surface area contributed by atoms with Crippen molar-refractivity contribution in [2.75, 3.05) is 13.7 Å². The quantitative estimate of drug-likeness (QED) is 0.816. The van der Waals surface area contributed by atoms with Crippen LogP contribution in [0.2, 0.25) is 0 Å². The lowest BCUT2D eigenvalue weighted by atomic mass is 9.69. The molecule has 1 aromatic carbocycles. The van der Waals surface area contributed by atoms with E-state index in [4.69, 9.17) is 0 Å². The minimum absolute atomic E-state index is 0.183. The maximum Gasteiger partial charge on any atom is 0.0466 e. The highest BCUT2D eigenvalue weighted by Crippen LogP contribution is 2.50. The lowest BCUT2D eigenvalue weighted by molar-refractivity contribution is 0.0904. The van der Waals surface area contributed by atoms with E-state index in [0.29, 0.717) is 18.4 Å². The highest BCUT2D eigenvalue weighted by molar-refractivity contribution is 5.40. The third-order valence-corrected chi connectivity index (χ3v) is 4.93. The summed E-state index contributed by atoms with van der Waals surface area (Å²) in [6.45, 7) is 0.354. The van der Waals surface area contributed by atoms with E-state index in [1.807, 2.05) is 0 Å². The molecule has 0 spiro atoms. The number of fused-ring (bicyclic) bond motifs is 3. The van der Waals surface area contributed by atoms with E-state index >= 15 is 0 Å². The van der Waals surface area contributed by atoms with Gasteiger partial charge in [0.25, 0.3) is 0 Å². The summed E-state index contributed by atoms with van der Waals surface area (Å²) in [5.74, 6) is 1.17. The molecule has 3 rings (SSSR count). The van der Waals surface area contributed by atoms with Crippen molar-refractivity contribution in [1.29, 1.82) is 0 Å². The molecule has 0 amide bonds. The van der Waals surface area contributed by atoms with Crippen LogP contribution in [0.3, 0.4) is 0 Å². The van der Waals surface area contributed by atoms with Crippen molar-refractivity contribution in [3.63, 3.8) is 0 Å². The third-order valence-electron chi connectivity index (χ3n) is 4.93. The van der Waals surface area contributed by atoms with Gasteiger partial charge >= 0.3 is 0 Å². The van der Waals surface area contributed by atoms with E-state index in [1.54, 1.807) is 0 Å². The van der Waals surface area contributed by atoms with Crippen molar-refractivity contribution < 1.29 is 5.11 Å². The van der Waals surface area contributed by atoms with E-state index in [1.165, 1.54) is 17.5 Å². The maximum atomic E-state index is 9.36. The molecule has 1 fully saturated rings. The molecule has 2 heteroatoms. The van der Waals surface area contributed by atoms with Gasteiger partial charge in [-0.3, -0.25) is 0 Å². The standard InChI is InChI=1S/C15H21NO/c1-16-15-7-6-11(10-17)8-13(15)9-12-4-2-3-5-14(12)15/h2-5,11,13,16-17H,6-10H2,1H3. The molecule has 17 heavy (non-hydrogen) atoms. The summed E-state index contributed by atoms with van der Waals surface area (Å²) in [4.78, 5) is 0. The number of aliphatic hydroxyl groups is 1. The predicted molar refractivity (Wildman–Crippen MR) is 68.8 cm³/mol. The molecule has 3 unspecified atom stereocenters. The average Bonchev–Trinajstić information content (AvgIpc) is 2.72. The molecule has 2 nitrogen and oxygen atoms in total. The lowest BCUT2D eigenvalue weighted by Crippen LogP contribution is -2.48. The number of rotatable bonds is 2. The molecule has 1 saturated carbocycles. The van der Waals surface area contributed by atoms with E-state index in [-0.39, 0.29) is 5.54 Å². The molecule has 0 radical (unpaired) electrons. The second-order valence-corrected chi connectivity index (χ2v) is 5.60. The summed E-state index contributed by atoms with van der Waals surface area (Å²) in [6, 6.07) is 8.84. The minimum Gasteiger partial charge on any atom is -0.396 e. The first-order valence-electron chi connectivity index (χ1n) is 6.68. The van der Waals surface area contributed by atoms with Crippen molar-refractivity contribution in [3.05, 3.63) is 35.4 Å². The highest BCUT2D eigenvalue weighted by Gasteiger charge is 2.48. The van der Waals surface area contributed by atoms with Gasteiger partial charge in [0.1, 0.15) is 0 Å². The summed E-state index contributed by atoms with van der Waals surface area (Å²) in [7, 11) is 2.09. The van der Waals surface area contributed by atoms with Gasteiger partial charge in [-0.15, -0.1) is 0 Å². The number of hydrogen-bond donors (Lipinski definition) is 2. The highest BCUT2D eigenvalue weighted by atomic mass is 16.3. The molecule has 2 aliphatic rings. The first-order chi connectivity index (χ1) is 8.30. The van der Waals surface area contributed by atoms with Crippen molar-refractivity contribution in [1.82, 2.24) is 5.32 Å². The molecule has 2 aliphatic carbocycles. The normalized spacial score (nSPS) is 35.4. The summed E-state index contributed by atoms with van der Waals surface area (Å²) < 4.78 is 0. The van der Waals surface area contributed by atoms with Gasteiger partial charge in [0.15, 0.2) is 0 Å². The molecule has 0 bridgehead atoms. The lowest BCUT2D eigenvalue weighted by Gasteiger charge is -2.43. The molecule has 0 aromatic heterocycles. The van der Waals surface area contributed by atoms with Crippen LogP contribution < -0.4 is 5.32 Å². The van der Waals surface area contributed by atoms with Crippen LogP contribution in [-0.4, -0.2) is 18.8 Å². The minimum atomic E-state index is 0.183. The van der Waals surface area contributed by atoms with Gasteiger partial charge in [-0.2, -0.15) is 0 Å². The maximum absolute atomic E-state index is 9.36. The monoisotopic (exact) mass is 231 g/mol. The molecule has 0 aliphatic heterocycles. The topological polar surface area (TPSA) is 32.3 Å². The Hall–Kier alpha value is -0.860. The zero-order valence-corrected chi connectivity index (χ0v) is 10.4. The fraction of sp³-hybridized carbons (Fsp3) is 0.600. The van der Waals surface area contributed by atoms with Crippen molar-refractivity contribution in [2.45, 2.75) is 31.2 Å². The number of nitrogens with one attached hydrogen (secondary N) is 1.